The molecule has 0 unspecified atom stereocenters. The molecular weight excluding hydrogens is 280 g/mol. The summed E-state index contributed by atoms with van der Waals surface area (Å²) in [6, 6.07) is 16.3. The standard InChI is InChI=1S/C21H26N2/c1-15(2)23-19-8-4-3-7-17(19)18-13-16(9-10-20(18)23)21(14-22)11-5-6-12-21/h3-4,7-10,13,15H,5-6,11-12,14,22H2,1-2H3. The summed E-state index contributed by atoms with van der Waals surface area (Å²) >= 11 is 0. The molecule has 0 spiro atoms. The Morgan fingerprint density at radius 3 is 2.39 bits per heavy atom. The predicted octanol–water partition coefficient (Wildman–Crippen LogP) is 5.15. The zero-order chi connectivity index (χ0) is 16.0. The number of benzene rings is 2. The topological polar surface area (TPSA) is 30.9 Å². The van der Waals surface area contributed by atoms with Crippen LogP contribution in [0.2, 0.25) is 0 Å². The van der Waals surface area contributed by atoms with Crippen molar-refractivity contribution < 1.29 is 0 Å². The van der Waals surface area contributed by atoms with Gasteiger partial charge in [0.1, 0.15) is 0 Å². The van der Waals surface area contributed by atoms with Gasteiger partial charge in [0, 0.05) is 39.8 Å². The van der Waals surface area contributed by atoms with E-state index in [1.54, 1.807) is 0 Å². The van der Waals surface area contributed by atoms with Gasteiger partial charge in [-0.3, -0.25) is 0 Å². The van der Waals surface area contributed by atoms with Crippen molar-refractivity contribution in [2.75, 3.05) is 6.54 Å². The first-order chi connectivity index (χ1) is 11.2. The minimum Gasteiger partial charge on any atom is -0.338 e. The molecule has 120 valence electrons. The van der Waals surface area contributed by atoms with E-state index in [0.29, 0.717) is 6.04 Å². The van der Waals surface area contributed by atoms with Crippen LogP contribution in [0.3, 0.4) is 0 Å². The van der Waals surface area contributed by atoms with Crippen molar-refractivity contribution in [1.29, 1.82) is 0 Å². The summed E-state index contributed by atoms with van der Waals surface area (Å²) in [6.07, 6.45) is 5.08. The minimum atomic E-state index is 0.204. The number of para-hydroxylation sites is 1. The average molecular weight is 306 g/mol. The predicted molar refractivity (Wildman–Crippen MR) is 99.0 cm³/mol. The van der Waals surface area contributed by atoms with Gasteiger partial charge in [0.2, 0.25) is 0 Å². The van der Waals surface area contributed by atoms with Gasteiger partial charge in [0.15, 0.2) is 0 Å². The molecule has 2 nitrogen and oxygen atoms in total. The molecule has 1 heterocycles. The Bertz CT molecular complexity index is 851. The maximum Gasteiger partial charge on any atom is 0.0494 e. The zero-order valence-electron chi connectivity index (χ0n) is 14.2. The largest absolute Gasteiger partial charge is 0.338 e. The molecular formula is C21H26N2. The highest BCUT2D eigenvalue weighted by molar-refractivity contribution is 6.08. The SMILES string of the molecule is CC(C)n1c2ccccc2c2cc(C3(CN)CCCC3)ccc21. The van der Waals surface area contributed by atoms with Crippen LogP contribution in [0.25, 0.3) is 21.8 Å². The lowest BCUT2D eigenvalue weighted by molar-refractivity contribution is 0.453. The van der Waals surface area contributed by atoms with Crippen LogP contribution in [0.5, 0.6) is 0 Å². The lowest BCUT2D eigenvalue weighted by Crippen LogP contribution is -2.31. The van der Waals surface area contributed by atoms with Gasteiger partial charge in [0.25, 0.3) is 0 Å². The van der Waals surface area contributed by atoms with E-state index in [9.17, 15) is 0 Å². The number of rotatable bonds is 3. The molecule has 1 aliphatic carbocycles. The monoisotopic (exact) mass is 306 g/mol. The van der Waals surface area contributed by atoms with Crippen molar-refractivity contribution in [3.05, 3.63) is 48.0 Å². The number of fused-ring (bicyclic) bond motifs is 3. The van der Waals surface area contributed by atoms with E-state index in [2.05, 4.69) is 60.9 Å². The van der Waals surface area contributed by atoms with Crippen molar-refractivity contribution in [2.24, 2.45) is 5.73 Å². The van der Waals surface area contributed by atoms with E-state index in [0.717, 1.165) is 6.54 Å². The molecule has 1 saturated carbocycles. The summed E-state index contributed by atoms with van der Waals surface area (Å²) in [5.41, 5.74) is 10.5. The fourth-order valence-electron chi connectivity index (χ4n) is 4.55. The maximum absolute atomic E-state index is 6.21. The molecule has 2 aromatic carbocycles. The van der Waals surface area contributed by atoms with E-state index in [1.807, 2.05) is 0 Å². The van der Waals surface area contributed by atoms with Crippen LogP contribution in [0.15, 0.2) is 42.5 Å². The summed E-state index contributed by atoms with van der Waals surface area (Å²) in [5.74, 6) is 0. The Hall–Kier alpha value is -1.80. The van der Waals surface area contributed by atoms with Crippen molar-refractivity contribution in [1.82, 2.24) is 4.57 Å². The summed E-state index contributed by atoms with van der Waals surface area (Å²) in [5, 5.41) is 2.75. The summed E-state index contributed by atoms with van der Waals surface area (Å²) in [7, 11) is 0. The molecule has 2 N–H and O–H groups in total. The molecule has 4 rings (SSSR count). The van der Waals surface area contributed by atoms with Gasteiger partial charge in [-0.05, 0) is 50.5 Å². The van der Waals surface area contributed by atoms with Crippen molar-refractivity contribution >= 4 is 21.8 Å². The maximum atomic E-state index is 6.21. The molecule has 1 aliphatic rings. The van der Waals surface area contributed by atoms with Crippen molar-refractivity contribution in [3.63, 3.8) is 0 Å². The van der Waals surface area contributed by atoms with E-state index in [-0.39, 0.29) is 5.41 Å². The lowest BCUT2D eigenvalue weighted by atomic mass is 9.78. The average Bonchev–Trinajstić information content (AvgIpc) is 3.17. The smallest absolute Gasteiger partial charge is 0.0494 e. The first-order valence-corrected chi connectivity index (χ1v) is 8.89. The quantitative estimate of drug-likeness (QED) is 0.713. The first kappa shape index (κ1) is 14.8. The third kappa shape index (κ3) is 2.12. The van der Waals surface area contributed by atoms with E-state index in [4.69, 9.17) is 5.73 Å². The van der Waals surface area contributed by atoms with Crippen LogP contribution < -0.4 is 5.73 Å². The number of hydrogen-bond acceptors (Lipinski definition) is 1. The van der Waals surface area contributed by atoms with E-state index in [1.165, 1.54) is 53.1 Å². The highest BCUT2D eigenvalue weighted by Crippen LogP contribution is 2.42. The second-order valence-corrected chi connectivity index (χ2v) is 7.40. The van der Waals surface area contributed by atoms with Crippen LogP contribution in [0.1, 0.15) is 51.1 Å². The molecule has 1 fully saturated rings. The molecule has 0 radical (unpaired) electrons. The molecule has 0 atom stereocenters. The Labute approximate surface area is 138 Å². The fraction of sp³-hybridized carbons (Fsp3) is 0.429. The number of hydrogen-bond donors (Lipinski definition) is 1. The normalized spacial score (nSPS) is 17.6. The minimum absolute atomic E-state index is 0.204. The van der Waals surface area contributed by atoms with Crippen LogP contribution in [-0.2, 0) is 5.41 Å². The molecule has 0 saturated heterocycles. The van der Waals surface area contributed by atoms with Crippen molar-refractivity contribution in [2.45, 2.75) is 51.0 Å². The fourth-order valence-corrected chi connectivity index (χ4v) is 4.55. The van der Waals surface area contributed by atoms with E-state index >= 15 is 0 Å². The van der Waals surface area contributed by atoms with Crippen LogP contribution in [-0.4, -0.2) is 11.1 Å². The van der Waals surface area contributed by atoms with Crippen LogP contribution >= 0.6 is 0 Å². The Morgan fingerprint density at radius 1 is 1.00 bits per heavy atom. The van der Waals surface area contributed by atoms with Gasteiger partial charge in [-0.2, -0.15) is 0 Å². The number of aromatic nitrogens is 1. The highest BCUT2D eigenvalue weighted by atomic mass is 15.0. The van der Waals surface area contributed by atoms with Gasteiger partial charge >= 0.3 is 0 Å². The highest BCUT2D eigenvalue weighted by Gasteiger charge is 2.34. The molecule has 23 heavy (non-hydrogen) atoms. The van der Waals surface area contributed by atoms with E-state index < -0.39 is 0 Å². The Balaban J connectivity index is 2.01. The number of nitrogens with two attached hydrogens (primary N) is 1. The summed E-state index contributed by atoms with van der Waals surface area (Å²) < 4.78 is 2.46. The zero-order valence-corrected chi connectivity index (χ0v) is 14.2. The second kappa shape index (κ2) is 5.38. The third-order valence-electron chi connectivity index (χ3n) is 5.79. The third-order valence-corrected chi connectivity index (χ3v) is 5.79. The van der Waals surface area contributed by atoms with Gasteiger partial charge in [-0.25, -0.2) is 0 Å². The van der Waals surface area contributed by atoms with Crippen LogP contribution in [0.4, 0.5) is 0 Å². The molecule has 2 heteroatoms. The first-order valence-electron chi connectivity index (χ1n) is 8.89. The van der Waals surface area contributed by atoms with Gasteiger partial charge < -0.3 is 10.3 Å². The van der Waals surface area contributed by atoms with Gasteiger partial charge in [-0.15, -0.1) is 0 Å². The Morgan fingerprint density at radius 2 is 1.70 bits per heavy atom. The van der Waals surface area contributed by atoms with Gasteiger partial charge in [0.05, 0.1) is 0 Å². The lowest BCUT2D eigenvalue weighted by Gasteiger charge is -2.28. The molecule has 3 aromatic rings. The van der Waals surface area contributed by atoms with Gasteiger partial charge in [-0.1, -0.05) is 37.1 Å². The summed E-state index contributed by atoms with van der Waals surface area (Å²) in [4.78, 5) is 0. The van der Waals surface area contributed by atoms with Crippen molar-refractivity contribution in [3.8, 4) is 0 Å². The Kier molecular flexibility index (Phi) is 3.46. The second-order valence-electron chi connectivity index (χ2n) is 7.40. The molecule has 0 aliphatic heterocycles. The summed E-state index contributed by atoms with van der Waals surface area (Å²) in [6.45, 7) is 5.29. The number of nitrogens with zero attached hydrogens (tertiary/aromatic N) is 1. The molecule has 0 amide bonds. The molecule has 0 bridgehead atoms. The molecule has 1 aromatic heterocycles. The van der Waals surface area contributed by atoms with Crippen LogP contribution in [0, 0.1) is 0 Å².